The maximum atomic E-state index is 13.4. The van der Waals surface area contributed by atoms with E-state index >= 15 is 0 Å². The first-order valence-electron chi connectivity index (χ1n) is 18.8. The van der Waals surface area contributed by atoms with Crippen LogP contribution in [0.4, 0.5) is 0 Å². The van der Waals surface area contributed by atoms with Crippen LogP contribution in [0.2, 0.25) is 0 Å². The molecule has 0 aliphatic carbocycles. The number of hydrogen-bond donors (Lipinski definition) is 1. The molecule has 30 heavy (non-hydrogen) atoms. The van der Waals surface area contributed by atoms with Crippen LogP contribution < -0.4 is 15.2 Å². The normalized spacial score (nSPS) is 48.6. The van der Waals surface area contributed by atoms with Crippen molar-refractivity contribution in [2.75, 3.05) is 27.1 Å². The summed E-state index contributed by atoms with van der Waals surface area (Å²) in [5.41, 5.74) is 5.07. The zero-order valence-electron chi connectivity index (χ0n) is 35.9. The second kappa shape index (κ2) is 9.56. The molecule has 5 atom stereocenters. The van der Waals surface area contributed by atoms with Crippen LogP contribution in [0.25, 0.3) is 0 Å². The number of nitrogens with zero attached hydrogens (tertiary/aromatic N) is 1. The molecule has 1 aromatic carbocycles. The van der Waals surface area contributed by atoms with Crippen LogP contribution in [0.3, 0.4) is 0 Å². The maximum absolute atomic E-state index is 13.4. The molecule has 0 radical (unpaired) electrons. The molecular weight excluding hydrogens is 380 g/mol. The number of benzene rings is 1. The monoisotopic (exact) mass is 437 g/mol. The minimum absolute atomic E-state index is 0.149. The number of hydrogen-bond acceptors (Lipinski definition) is 6. The minimum Gasteiger partial charge on any atom is -0.493 e. The predicted molar refractivity (Wildman–Crippen MR) is 118 cm³/mol. The SMILES string of the molecule is [2H]C([2H])([2H])Oc1cc2c(cc1OC([2H])([2H])[2H])C1([2H])N(CC2)C([2H])([2H])C([2H])(C([2H])([2H])C([2H])(C)C([2H])([2H])[2H])C([2H])(OC(=O)[C@@H](N)C(C)C)C1([2H])[2H]. The molecule has 0 aromatic heterocycles. The Morgan fingerprint density at radius 1 is 1.40 bits per heavy atom. The number of carbonyl (C=O) groups is 1. The van der Waals surface area contributed by atoms with Crippen molar-refractivity contribution in [1.29, 1.82) is 0 Å². The van der Waals surface area contributed by atoms with Crippen LogP contribution in [-0.2, 0) is 16.0 Å². The Bertz CT molecular complexity index is 1460. The summed E-state index contributed by atoms with van der Waals surface area (Å²) >= 11 is 0. The lowest BCUT2D eigenvalue weighted by Gasteiger charge is -2.47. The fourth-order valence-electron chi connectivity index (χ4n) is 3.07. The van der Waals surface area contributed by atoms with Gasteiger partial charge in [0.05, 0.1) is 25.0 Å². The van der Waals surface area contributed by atoms with E-state index in [1.165, 1.54) is 13.8 Å². The number of ether oxygens (including phenoxy) is 3. The van der Waals surface area contributed by atoms with Gasteiger partial charge in [0.15, 0.2) is 11.5 Å². The summed E-state index contributed by atoms with van der Waals surface area (Å²) in [4.78, 5) is 13.7. The Morgan fingerprint density at radius 3 is 2.80 bits per heavy atom. The highest BCUT2D eigenvalue weighted by atomic mass is 16.5. The van der Waals surface area contributed by atoms with Crippen molar-refractivity contribution in [2.24, 2.45) is 23.4 Å². The average Bonchev–Trinajstić information content (AvgIpc) is 2.89. The van der Waals surface area contributed by atoms with Crippen LogP contribution in [0.15, 0.2) is 12.1 Å². The summed E-state index contributed by atoms with van der Waals surface area (Å²) in [6.45, 7) is -4.95. The molecule has 2 aliphatic heterocycles. The molecular formula is C24H38N2O4. The summed E-state index contributed by atoms with van der Waals surface area (Å²) in [5, 5.41) is 0. The molecule has 2 aliphatic rings. The van der Waals surface area contributed by atoms with Crippen LogP contribution in [-0.4, -0.2) is 50.1 Å². The van der Waals surface area contributed by atoms with Crippen molar-refractivity contribution in [3.63, 3.8) is 0 Å². The van der Waals surface area contributed by atoms with Gasteiger partial charge in [-0.15, -0.1) is 0 Å². The van der Waals surface area contributed by atoms with E-state index in [9.17, 15) is 14.4 Å². The van der Waals surface area contributed by atoms with E-state index in [4.69, 9.17) is 36.4 Å². The molecule has 0 spiro atoms. The topological polar surface area (TPSA) is 74.0 Å². The Balaban J connectivity index is 2.54. The Kier molecular flexibility index (Phi) is 2.75. The number of rotatable bonds is 7. The van der Waals surface area contributed by atoms with Gasteiger partial charge in [-0.1, -0.05) is 27.6 Å². The molecule has 1 fully saturated rings. The quantitative estimate of drug-likeness (QED) is 0.658. The van der Waals surface area contributed by atoms with E-state index in [0.717, 1.165) is 6.07 Å². The highest BCUT2D eigenvalue weighted by Gasteiger charge is 2.41. The molecule has 3 rings (SSSR count). The van der Waals surface area contributed by atoms with Crippen molar-refractivity contribution in [1.82, 2.24) is 4.90 Å². The smallest absolute Gasteiger partial charge is 0.323 e. The Labute approximate surface area is 207 Å². The minimum atomic E-state index is -4.24. The van der Waals surface area contributed by atoms with E-state index in [0.29, 0.717) is 17.9 Å². The zero-order valence-corrected chi connectivity index (χ0v) is 16.9. The van der Waals surface area contributed by atoms with Gasteiger partial charge in [-0.05, 0) is 47.9 Å². The summed E-state index contributed by atoms with van der Waals surface area (Å²) < 4.78 is 176. The van der Waals surface area contributed by atoms with Gasteiger partial charge in [0.1, 0.15) is 12.1 Å². The molecule has 1 aromatic rings. The molecule has 6 nitrogen and oxygen atoms in total. The van der Waals surface area contributed by atoms with E-state index in [1.54, 1.807) is 0 Å². The van der Waals surface area contributed by atoms with Crippen molar-refractivity contribution in [3.05, 3.63) is 23.3 Å². The van der Waals surface area contributed by atoms with E-state index in [-0.39, 0.29) is 5.56 Å². The second-order valence-electron chi connectivity index (χ2n) is 7.29. The highest BCUT2D eigenvalue weighted by molar-refractivity contribution is 5.76. The third-order valence-corrected chi connectivity index (χ3v) is 4.73. The molecule has 0 saturated carbocycles. The maximum Gasteiger partial charge on any atom is 0.323 e. The van der Waals surface area contributed by atoms with Gasteiger partial charge in [0, 0.05) is 46.4 Å². The summed E-state index contributed by atoms with van der Waals surface area (Å²) in [6, 6.07) is -3.47. The van der Waals surface area contributed by atoms with Gasteiger partial charge in [-0.2, -0.15) is 0 Å². The lowest BCUT2D eigenvalue weighted by molar-refractivity contribution is -0.160. The number of carbonyl (C=O) groups excluding carboxylic acids is 1. The lowest BCUT2D eigenvalue weighted by atomic mass is 9.79. The fraction of sp³-hybridized carbons (Fsp3) is 0.708. The van der Waals surface area contributed by atoms with Crippen LogP contribution >= 0.6 is 0 Å². The molecule has 4 unspecified atom stereocenters. The van der Waals surface area contributed by atoms with E-state index < -0.39 is 112 Å². The fourth-order valence-corrected chi connectivity index (χ4v) is 3.07. The summed E-state index contributed by atoms with van der Waals surface area (Å²) in [6.07, 6.45) is -12.7. The number of esters is 1. The number of fused-ring (bicyclic) bond motifs is 3. The Morgan fingerprint density at radius 2 is 2.13 bits per heavy atom. The third kappa shape index (κ3) is 4.75. The predicted octanol–water partition coefficient (Wildman–Crippen LogP) is 3.56. The molecule has 0 amide bonds. The van der Waals surface area contributed by atoms with Gasteiger partial charge >= 0.3 is 5.97 Å². The number of methoxy groups -OCH3 is 2. The van der Waals surface area contributed by atoms with Crippen molar-refractivity contribution >= 4 is 5.97 Å². The standard InChI is InChI=1S/C24H38N2O4/c1-14(2)9-17-13-26-8-7-16-10-21(28-5)22(29-6)11-18(16)19(26)12-20(17)30-24(27)23(25)15(3)4/h10-11,14-15,17,19-20,23H,7-9,12-13,25H2,1-6H3/t17?,19?,20?,23-/m0/s1/i1D3,5D3,6D3,9D2,12D2,13D2,14D,17D,19D,20D/t14?,17?,19?,20?,23-. The second-order valence-corrected chi connectivity index (χ2v) is 7.29. The average molecular weight is 438 g/mol. The first kappa shape index (κ1) is 8.62. The molecule has 2 N–H and O–H groups in total. The molecule has 0 bridgehead atoms. The van der Waals surface area contributed by atoms with Gasteiger partial charge in [0.2, 0.25) is 0 Å². The van der Waals surface area contributed by atoms with Crippen molar-refractivity contribution in [3.8, 4) is 11.5 Å². The largest absolute Gasteiger partial charge is 0.493 e. The van der Waals surface area contributed by atoms with Crippen LogP contribution in [0.1, 0.15) is 83.6 Å². The molecule has 2 heterocycles. The van der Waals surface area contributed by atoms with Gasteiger partial charge in [-0.25, -0.2) is 0 Å². The van der Waals surface area contributed by atoms with Gasteiger partial charge < -0.3 is 19.9 Å². The van der Waals surface area contributed by atoms with Crippen molar-refractivity contribution < 1.29 is 45.0 Å². The first-order valence-corrected chi connectivity index (χ1v) is 9.31. The van der Waals surface area contributed by atoms with Crippen LogP contribution in [0.5, 0.6) is 11.5 Å². The zero-order chi connectivity index (χ0) is 38.6. The third-order valence-electron chi connectivity index (χ3n) is 4.73. The number of nitrogens with two attached hydrogens (primary N) is 1. The van der Waals surface area contributed by atoms with Gasteiger partial charge in [0.25, 0.3) is 0 Å². The molecule has 168 valence electrons. The van der Waals surface area contributed by atoms with Crippen molar-refractivity contribution in [2.45, 2.75) is 64.9 Å². The highest BCUT2D eigenvalue weighted by Crippen LogP contribution is 2.44. The van der Waals surface area contributed by atoms with E-state index in [1.807, 2.05) is 0 Å². The lowest BCUT2D eigenvalue weighted by Crippen LogP contribution is -2.51. The van der Waals surface area contributed by atoms with Crippen LogP contribution in [0, 0.1) is 17.7 Å². The summed E-state index contributed by atoms with van der Waals surface area (Å²) in [7, 11) is -6.45. The van der Waals surface area contributed by atoms with E-state index in [2.05, 4.69) is 0 Å². The first-order chi connectivity index (χ1) is 21.5. The van der Waals surface area contributed by atoms with Gasteiger partial charge in [-0.3, -0.25) is 9.69 Å². The molecule has 6 heteroatoms. The number of piperidine rings is 1. The summed E-state index contributed by atoms with van der Waals surface area (Å²) in [5.74, 6) is -11.7. The Hall–Kier alpha value is -1.79. The molecule has 1 saturated heterocycles.